The summed E-state index contributed by atoms with van der Waals surface area (Å²) in [4.78, 5) is 38.3. The summed E-state index contributed by atoms with van der Waals surface area (Å²) in [5, 5.41) is 19.8. The Morgan fingerprint density at radius 1 is 0.974 bits per heavy atom. The van der Waals surface area contributed by atoms with Gasteiger partial charge in [-0.2, -0.15) is 0 Å². The number of anilines is 3. The van der Waals surface area contributed by atoms with Gasteiger partial charge in [0.2, 0.25) is 11.7 Å². The fraction of sp³-hybridized carbons (Fsp3) is 0.429. The number of carbonyl (C=O) groups is 2. The third kappa shape index (κ3) is 5.44. The number of amides is 1. The van der Waals surface area contributed by atoms with Crippen LogP contribution >= 0.6 is 0 Å². The molecule has 10 heteroatoms. The molecule has 3 aromatic heterocycles. The van der Waals surface area contributed by atoms with Crippen LogP contribution in [0.25, 0.3) is 17.0 Å². The zero-order valence-electron chi connectivity index (χ0n) is 21.7. The summed E-state index contributed by atoms with van der Waals surface area (Å²) < 4.78 is 5.62. The fourth-order valence-corrected chi connectivity index (χ4v) is 5.26. The number of carboxylic acids is 1. The standard InChI is InChI=1S/C28H32N6O4/c1-16-21(32-27(35)19-10-6-7-11-20(19)28(36)37)12-13-22(30-16)26-25(17(2)34-38-26)33-24-15-29-14-23(31-24)18-8-4-3-5-9-18/h8,12-15,19-20H,3-7,9-11H2,1-2H3,(H,31,33)(H,32,35)(H,36,37). The van der Waals surface area contributed by atoms with E-state index in [-0.39, 0.29) is 5.91 Å². The van der Waals surface area contributed by atoms with Crippen molar-refractivity contribution in [3.63, 3.8) is 0 Å². The van der Waals surface area contributed by atoms with E-state index in [0.717, 1.165) is 37.8 Å². The fourth-order valence-electron chi connectivity index (χ4n) is 5.26. The lowest BCUT2D eigenvalue weighted by atomic mass is 9.78. The van der Waals surface area contributed by atoms with Crippen LogP contribution in [0.5, 0.6) is 0 Å². The van der Waals surface area contributed by atoms with Crippen LogP contribution in [-0.2, 0) is 9.59 Å². The van der Waals surface area contributed by atoms with Gasteiger partial charge in [-0.3, -0.25) is 14.6 Å². The summed E-state index contributed by atoms with van der Waals surface area (Å²) in [5.41, 5.74) is 5.05. The number of aryl methyl sites for hydroxylation is 2. The number of pyridine rings is 1. The molecular formula is C28H32N6O4. The predicted molar refractivity (Wildman–Crippen MR) is 143 cm³/mol. The normalized spacial score (nSPS) is 19.5. The third-order valence-corrected chi connectivity index (χ3v) is 7.37. The highest BCUT2D eigenvalue weighted by molar-refractivity contribution is 5.95. The Kier molecular flexibility index (Phi) is 7.48. The van der Waals surface area contributed by atoms with Crippen LogP contribution in [0.1, 0.15) is 68.4 Å². The van der Waals surface area contributed by atoms with E-state index in [1.807, 2.05) is 6.92 Å². The molecule has 38 heavy (non-hydrogen) atoms. The molecule has 2 aliphatic rings. The smallest absolute Gasteiger partial charge is 0.307 e. The van der Waals surface area contributed by atoms with Gasteiger partial charge in [-0.25, -0.2) is 9.97 Å². The van der Waals surface area contributed by atoms with Crippen LogP contribution in [-0.4, -0.2) is 37.1 Å². The first kappa shape index (κ1) is 25.6. The summed E-state index contributed by atoms with van der Waals surface area (Å²) >= 11 is 0. The van der Waals surface area contributed by atoms with Crippen molar-refractivity contribution in [3.8, 4) is 11.5 Å². The molecule has 198 valence electrons. The first-order valence-electron chi connectivity index (χ1n) is 13.2. The maximum absolute atomic E-state index is 12.9. The van der Waals surface area contributed by atoms with Crippen LogP contribution in [0.4, 0.5) is 17.2 Å². The van der Waals surface area contributed by atoms with Crippen molar-refractivity contribution in [1.29, 1.82) is 0 Å². The molecule has 3 N–H and O–H groups in total. The molecule has 0 aromatic carbocycles. The minimum atomic E-state index is -0.915. The molecule has 1 fully saturated rings. The number of aromatic nitrogens is 4. The lowest BCUT2D eigenvalue weighted by molar-refractivity contribution is -0.147. The number of carbonyl (C=O) groups excluding carboxylic acids is 1. The van der Waals surface area contributed by atoms with E-state index >= 15 is 0 Å². The molecule has 0 bridgehead atoms. The van der Waals surface area contributed by atoms with E-state index in [0.29, 0.717) is 52.9 Å². The molecule has 0 radical (unpaired) electrons. The number of carboxylic acid groups (broad SMARTS) is 1. The van der Waals surface area contributed by atoms with Gasteiger partial charge in [0.1, 0.15) is 22.9 Å². The Bertz CT molecular complexity index is 1380. The molecule has 1 saturated carbocycles. The number of allylic oxidation sites excluding steroid dienone is 2. The molecule has 2 atom stereocenters. The van der Waals surface area contributed by atoms with E-state index in [2.05, 4.69) is 31.8 Å². The summed E-state index contributed by atoms with van der Waals surface area (Å²) in [6.07, 6.45) is 12.9. The lowest BCUT2D eigenvalue weighted by Crippen LogP contribution is -2.36. The molecule has 1 amide bonds. The minimum absolute atomic E-state index is 0.279. The Balaban J connectivity index is 1.35. The second-order valence-electron chi connectivity index (χ2n) is 10.0. The first-order valence-corrected chi connectivity index (χ1v) is 13.2. The van der Waals surface area contributed by atoms with Gasteiger partial charge in [-0.05, 0) is 70.1 Å². The first-order chi connectivity index (χ1) is 18.4. The van der Waals surface area contributed by atoms with Crippen LogP contribution in [0.15, 0.2) is 35.1 Å². The van der Waals surface area contributed by atoms with Crippen molar-refractivity contribution in [2.45, 2.75) is 65.2 Å². The zero-order valence-corrected chi connectivity index (χ0v) is 21.7. The number of nitrogens with zero attached hydrogens (tertiary/aromatic N) is 4. The largest absolute Gasteiger partial charge is 0.481 e. The molecule has 2 aliphatic carbocycles. The number of aliphatic carboxylic acids is 1. The minimum Gasteiger partial charge on any atom is -0.481 e. The van der Waals surface area contributed by atoms with Crippen LogP contribution in [0.3, 0.4) is 0 Å². The highest BCUT2D eigenvalue weighted by Crippen LogP contribution is 2.35. The van der Waals surface area contributed by atoms with Gasteiger partial charge in [-0.1, -0.05) is 24.1 Å². The molecule has 10 nitrogen and oxygen atoms in total. The molecule has 3 aromatic rings. The van der Waals surface area contributed by atoms with Gasteiger partial charge in [0.15, 0.2) is 0 Å². The maximum Gasteiger partial charge on any atom is 0.307 e. The average Bonchev–Trinajstić information content (AvgIpc) is 3.30. The summed E-state index contributed by atoms with van der Waals surface area (Å²) in [6.45, 7) is 3.62. The highest BCUT2D eigenvalue weighted by atomic mass is 16.5. The summed E-state index contributed by atoms with van der Waals surface area (Å²) in [7, 11) is 0. The molecule has 5 rings (SSSR count). The lowest BCUT2D eigenvalue weighted by Gasteiger charge is -2.27. The van der Waals surface area contributed by atoms with Gasteiger partial charge >= 0.3 is 5.97 Å². The molecule has 0 aliphatic heterocycles. The van der Waals surface area contributed by atoms with Crippen molar-refractivity contribution >= 4 is 34.6 Å². The maximum atomic E-state index is 12.9. The monoisotopic (exact) mass is 516 g/mol. The van der Waals surface area contributed by atoms with Crippen molar-refractivity contribution in [1.82, 2.24) is 20.1 Å². The van der Waals surface area contributed by atoms with Crippen molar-refractivity contribution in [3.05, 3.63) is 47.7 Å². The van der Waals surface area contributed by atoms with Crippen molar-refractivity contribution in [2.75, 3.05) is 10.6 Å². The van der Waals surface area contributed by atoms with Gasteiger partial charge in [0.25, 0.3) is 0 Å². The summed E-state index contributed by atoms with van der Waals surface area (Å²) in [5.74, 6) is -1.36. The van der Waals surface area contributed by atoms with Crippen molar-refractivity contribution in [2.24, 2.45) is 11.8 Å². The molecule has 0 spiro atoms. The molecular weight excluding hydrogens is 484 g/mol. The average molecular weight is 517 g/mol. The Morgan fingerprint density at radius 2 is 1.79 bits per heavy atom. The number of hydrogen-bond acceptors (Lipinski definition) is 8. The Labute approximate surface area is 221 Å². The third-order valence-electron chi connectivity index (χ3n) is 7.37. The van der Waals surface area contributed by atoms with Gasteiger partial charge in [0.05, 0.1) is 41.3 Å². The number of rotatable bonds is 7. The Hall–Kier alpha value is -4.08. The zero-order chi connectivity index (χ0) is 26.6. The van der Waals surface area contributed by atoms with E-state index in [9.17, 15) is 14.7 Å². The topological polar surface area (TPSA) is 143 Å². The van der Waals surface area contributed by atoms with E-state index in [1.165, 1.54) is 12.0 Å². The van der Waals surface area contributed by atoms with Crippen molar-refractivity contribution < 1.29 is 19.2 Å². The molecule has 2 unspecified atom stereocenters. The quantitative estimate of drug-likeness (QED) is 0.361. The SMILES string of the molecule is Cc1nc(-c2onc(C)c2Nc2cncc(C3=CCCCC3)n2)ccc1NC(=O)C1CCCCC1C(=O)O. The number of hydrogen-bond donors (Lipinski definition) is 3. The summed E-state index contributed by atoms with van der Waals surface area (Å²) in [6, 6.07) is 3.50. The van der Waals surface area contributed by atoms with Gasteiger partial charge in [-0.15, -0.1) is 0 Å². The predicted octanol–water partition coefficient (Wildman–Crippen LogP) is 5.67. The van der Waals surface area contributed by atoms with Gasteiger partial charge < -0.3 is 20.3 Å². The van der Waals surface area contributed by atoms with Crippen LogP contribution in [0, 0.1) is 25.7 Å². The highest BCUT2D eigenvalue weighted by Gasteiger charge is 2.36. The second-order valence-corrected chi connectivity index (χ2v) is 10.0. The van der Waals surface area contributed by atoms with Gasteiger partial charge in [0, 0.05) is 0 Å². The molecule has 0 saturated heterocycles. The number of nitrogens with one attached hydrogen (secondary N) is 2. The van der Waals surface area contributed by atoms with Crippen LogP contribution in [0.2, 0.25) is 0 Å². The van der Waals surface area contributed by atoms with E-state index in [1.54, 1.807) is 31.5 Å². The Morgan fingerprint density at radius 3 is 2.53 bits per heavy atom. The van der Waals surface area contributed by atoms with Crippen LogP contribution < -0.4 is 10.6 Å². The second kappa shape index (κ2) is 11.1. The van der Waals surface area contributed by atoms with E-state index in [4.69, 9.17) is 9.51 Å². The molecule has 3 heterocycles. The van der Waals surface area contributed by atoms with E-state index < -0.39 is 17.8 Å².